The Morgan fingerprint density at radius 2 is 2.19 bits per heavy atom. The molecule has 0 bridgehead atoms. The van der Waals surface area contributed by atoms with Crippen LogP contribution in [0.1, 0.15) is 24.1 Å². The molecule has 1 saturated carbocycles. The number of anilines is 1. The lowest BCUT2D eigenvalue weighted by molar-refractivity contribution is 0.454. The lowest BCUT2D eigenvalue weighted by Crippen LogP contribution is -2.24. The zero-order valence-corrected chi connectivity index (χ0v) is 16.7. The second kappa shape index (κ2) is 7.51. The molecule has 1 fully saturated rings. The third-order valence-electron chi connectivity index (χ3n) is 4.71. The number of hydrogen-bond acceptors (Lipinski definition) is 7. The Bertz CT molecular complexity index is 1470. The molecule has 3 heterocycles. The van der Waals surface area contributed by atoms with E-state index in [2.05, 4.69) is 35.3 Å². The van der Waals surface area contributed by atoms with Crippen molar-refractivity contribution in [2.45, 2.75) is 25.4 Å². The molecule has 1 aliphatic carbocycles. The third-order valence-corrected chi connectivity index (χ3v) is 5.06. The molecule has 1 aliphatic rings. The van der Waals surface area contributed by atoms with Gasteiger partial charge in [-0.05, 0) is 36.6 Å². The van der Waals surface area contributed by atoms with Crippen LogP contribution in [0.4, 0.5) is 10.3 Å². The molecule has 0 amide bonds. The van der Waals surface area contributed by atoms with Crippen LogP contribution in [-0.2, 0) is 6.54 Å². The summed E-state index contributed by atoms with van der Waals surface area (Å²) in [4.78, 5) is 29.7. The monoisotopic (exact) mass is 442 g/mol. The first-order chi connectivity index (χ1) is 15.0. The fraction of sp³-hybridized carbons (Fsp3) is 0.211. The van der Waals surface area contributed by atoms with E-state index in [4.69, 9.17) is 11.6 Å². The van der Waals surface area contributed by atoms with Crippen molar-refractivity contribution in [3.63, 3.8) is 0 Å². The molecular weight excluding hydrogens is 427 g/mol. The number of fused-ring (bicyclic) bond motifs is 1. The lowest BCUT2D eigenvalue weighted by atomic mass is 10.2. The molecule has 3 aromatic heterocycles. The standard InChI is InChI=1S/C19H16ClFN8O2/c20-13-6-11(21)2-1-9(13)7-22-17-26-15-10(5-14-16(30)27-19(31)25-14)8-23-29(15)18(28-17)24-12-3-4-12/h1-2,5-6,8,12,30H,3-4,7H2,(H,22,24,28)(H2,25,27,31)/b10-5+. The van der Waals surface area contributed by atoms with Gasteiger partial charge in [0.15, 0.2) is 5.65 Å². The van der Waals surface area contributed by atoms with E-state index < -0.39 is 11.5 Å². The highest BCUT2D eigenvalue weighted by molar-refractivity contribution is 6.31. The van der Waals surface area contributed by atoms with Crippen molar-refractivity contribution in [2.75, 3.05) is 5.32 Å². The van der Waals surface area contributed by atoms with Gasteiger partial charge >= 0.3 is 5.69 Å². The van der Waals surface area contributed by atoms with Gasteiger partial charge in [-0.25, -0.2) is 14.2 Å². The van der Waals surface area contributed by atoms with Crippen LogP contribution in [0.2, 0.25) is 5.02 Å². The first kappa shape index (κ1) is 19.2. The number of benzene rings is 1. The molecule has 12 heteroatoms. The smallest absolute Gasteiger partial charge is 0.326 e. The molecule has 10 nitrogen and oxygen atoms in total. The summed E-state index contributed by atoms with van der Waals surface area (Å²) in [5, 5.41) is 18.1. The van der Waals surface area contributed by atoms with E-state index in [1.54, 1.807) is 18.3 Å². The number of aromatic amines is 2. The Hall–Kier alpha value is -3.73. The van der Waals surface area contributed by atoms with Gasteiger partial charge in [-0.1, -0.05) is 17.7 Å². The summed E-state index contributed by atoms with van der Waals surface area (Å²) in [6, 6.07) is 4.35. The molecule has 0 aliphatic heterocycles. The van der Waals surface area contributed by atoms with Gasteiger partial charge in [-0.3, -0.25) is 4.98 Å². The average molecular weight is 443 g/mol. The first-order valence-electron chi connectivity index (χ1n) is 9.47. The summed E-state index contributed by atoms with van der Waals surface area (Å²) in [7, 11) is 0. The number of imidazole rings is 1. The Labute approximate surface area is 178 Å². The fourth-order valence-electron chi connectivity index (χ4n) is 3.00. The molecule has 158 valence electrons. The van der Waals surface area contributed by atoms with Gasteiger partial charge in [-0.2, -0.15) is 19.6 Å². The van der Waals surface area contributed by atoms with Crippen LogP contribution < -0.4 is 21.8 Å². The Balaban J connectivity index is 1.58. The Morgan fingerprint density at radius 1 is 1.35 bits per heavy atom. The normalized spacial score (nSPS) is 15.2. The molecule has 31 heavy (non-hydrogen) atoms. The number of hydrogen-bond donors (Lipinski definition) is 4. The van der Waals surface area contributed by atoms with E-state index >= 15 is 0 Å². The Kier molecular flexibility index (Phi) is 4.66. The zero-order valence-electron chi connectivity index (χ0n) is 15.9. The average Bonchev–Trinajstić information content (AvgIpc) is 3.36. The van der Waals surface area contributed by atoms with Crippen molar-refractivity contribution in [1.29, 1.82) is 0 Å². The quantitative estimate of drug-likeness (QED) is 0.362. The topological polar surface area (TPSA) is 136 Å². The fourth-order valence-corrected chi connectivity index (χ4v) is 3.23. The number of nitrogens with one attached hydrogen (secondary N) is 3. The molecule has 1 aromatic carbocycles. The highest BCUT2D eigenvalue weighted by Crippen LogP contribution is 2.22. The number of H-pyrrole nitrogens is 2. The molecule has 0 atom stereocenters. The maximum absolute atomic E-state index is 13.3. The molecule has 4 aromatic rings. The minimum atomic E-state index is -0.530. The van der Waals surface area contributed by atoms with Gasteiger partial charge in [0.05, 0.1) is 12.2 Å². The van der Waals surface area contributed by atoms with Crippen molar-refractivity contribution >= 4 is 29.3 Å². The highest BCUT2D eigenvalue weighted by Gasteiger charge is 2.21. The largest absolute Gasteiger partial charge is 0.493 e. The van der Waals surface area contributed by atoms with Crippen LogP contribution in [0.5, 0.6) is 5.88 Å². The highest BCUT2D eigenvalue weighted by atomic mass is 35.5. The number of halogens is 2. The lowest BCUT2D eigenvalue weighted by Gasteiger charge is -2.07. The summed E-state index contributed by atoms with van der Waals surface area (Å²) >= 11 is 6.10. The number of nitrogens with zero attached hydrogens (tertiary/aromatic N) is 5. The van der Waals surface area contributed by atoms with Crippen LogP contribution in [0.25, 0.3) is 11.7 Å². The van der Waals surface area contributed by atoms with E-state index in [9.17, 15) is 14.3 Å². The van der Waals surface area contributed by atoms with Gasteiger partial charge in [-0.15, -0.1) is 0 Å². The number of rotatable bonds is 5. The maximum Gasteiger partial charge on any atom is 0.326 e. The van der Waals surface area contributed by atoms with Gasteiger partial charge in [0.1, 0.15) is 11.5 Å². The van der Waals surface area contributed by atoms with Crippen LogP contribution in [0.15, 0.2) is 34.2 Å². The SMILES string of the molecule is O=c1[nH]c(O)c(/C=c2\cnn3c(=NC4CC4)nc(NCc4ccc(F)cc4Cl)nc23)[nH]1. The summed E-state index contributed by atoms with van der Waals surface area (Å²) in [6.45, 7) is 0.275. The summed E-state index contributed by atoms with van der Waals surface area (Å²) in [5.41, 5.74) is 1.17. The summed E-state index contributed by atoms with van der Waals surface area (Å²) < 4.78 is 14.8. The Morgan fingerprint density at radius 3 is 2.90 bits per heavy atom. The molecule has 4 N–H and O–H groups in total. The predicted octanol–water partition coefficient (Wildman–Crippen LogP) is 0.862. The van der Waals surface area contributed by atoms with Crippen molar-refractivity contribution in [2.24, 2.45) is 4.99 Å². The third kappa shape index (κ3) is 3.99. The van der Waals surface area contributed by atoms with Crippen molar-refractivity contribution in [3.05, 3.63) is 67.8 Å². The van der Waals surface area contributed by atoms with Crippen LogP contribution in [0.3, 0.4) is 0 Å². The van der Waals surface area contributed by atoms with Gasteiger partial charge < -0.3 is 15.4 Å². The molecule has 0 radical (unpaired) electrons. The van der Waals surface area contributed by atoms with E-state index in [-0.39, 0.29) is 30.1 Å². The number of aromatic nitrogens is 6. The van der Waals surface area contributed by atoms with E-state index in [0.717, 1.165) is 12.8 Å². The minimum absolute atomic E-state index is 0.194. The second-order valence-electron chi connectivity index (χ2n) is 7.12. The molecule has 5 rings (SSSR count). The number of aromatic hydroxyl groups is 1. The maximum atomic E-state index is 13.3. The van der Waals surface area contributed by atoms with Gasteiger partial charge in [0.25, 0.3) is 5.62 Å². The van der Waals surface area contributed by atoms with Crippen LogP contribution in [-0.4, -0.2) is 40.7 Å². The minimum Gasteiger partial charge on any atom is -0.493 e. The van der Waals surface area contributed by atoms with Crippen LogP contribution >= 0.6 is 11.6 Å². The molecule has 0 spiro atoms. The van der Waals surface area contributed by atoms with E-state index in [1.165, 1.54) is 16.6 Å². The molecule has 0 saturated heterocycles. The first-order valence-corrected chi connectivity index (χ1v) is 9.84. The predicted molar refractivity (Wildman–Crippen MR) is 110 cm³/mol. The molecule has 0 unspecified atom stereocenters. The van der Waals surface area contributed by atoms with Gasteiger partial charge in [0, 0.05) is 16.8 Å². The van der Waals surface area contributed by atoms with E-state index in [1.807, 2.05) is 0 Å². The van der Waals surface area contributed by atoms with Gasteiger partial charge in [0.2, 0.25) is 11.8 Å². The van der Waals surface area contributed by atoms with Crippen molar-refractivity contribution in [1.82, 2.24) is 29.5 Å². The molecular formula is C19H16ClFN8O2. The van der Waals surface area contributed by atoms with Crippen molar-refractivity contribution < 1.29 is 9.50 Å². The summed E-state index contributed by atoms with van der Waals surface area (Å²) in [5.74, 6) is -0.415. The zero-order chi connectivity index (χ0) is 21.5. The summed E-state index contributed by atoms with van der Waals surface area (Å²) in [6.07, 6.45) is 5.06. The second-order valence-corrected chi connectivity index (χ2v) is 7.53. The van der Waals surface area contributed by atoms with Crippen molar-refractivity contribution in [3.8, 4) is 5.88 Å². The van der Waals surface area contributed by atoms with E-state index in [0.29, 0.717) is 27.1 Å². The van der Waals surface area contributed by atoms with Crippen LogP contribution in [0, 0.1) is 5.82 Å².